The molecule has 0 saturated carbocycles. The van der Waals surface area contributed by atoms with Crippen LogP contribution >= 0.6 is 0 Å². The Kier molecular flexibility index (Phi) is 5.88. The number of aromatic nitrogens is 2. The summed E-state index contributed by atoms with van der Waals surface area (Å²) in [6.07, 6.45) is 1.08. The van der Waals surface area contributed by atoms with Gasteiger partial charge in [0.25, 0.3) is 17.7 Å². The number of carbonyl (C=O) groups is 3. The van der Waals surface area contributed by atoms with Gasteiger partial charge in [0.15, 0.2) is 0 Å². The van der Waals surface area contributed by atoms with Crippen LogP contribution in [0.1, 0.15) is 33.7 Å². The van der Waals surface area contributed by atoms with Crippen molar-refractivity contribution in [2.75, 3.05) is 6.54 Å². The fraction of sp³-hybridized carbons (Fsp3) is 0.154. The quantitative estimate of drug-likeness (QED) is 0.342. The standard InChI is InChI=1S/C26H23N5O4/c32-23-18-10-5-4-7-16(18)12-13-19(23)26(35)31-14-6-11-22(31)25(34)30-29-24(33)21-15-20(27-28-21)17-8-2-1-3-9-17/h1-5,7-10,12-13,15,22,32H,6,11,14H2,(H,27,28)(H,29,33)(H,30,34). The van der Waals surface area contributed by atoms with Gasteiger partial charge in [-0.25, -0.2) is 0 Å². The number of likely N-dealkylation sites (tertiary alicyclic amines) is 1. The highest BCUT2D eigenvalue weighted by atomic mass is 16.3. The summed E-state index contributed by atoms with van der Waals surface area (Å²) >= 11 is 0. The van der Waals surface area contributed by atoms with Crippen LogP contribution in [0.3, 0.4) is 0 Å². The number of hydrazine groups is 1. The van der Waals surface area contributed by atoms with Gasteiger partial charge in [-0.2, -0.15) is 5.10 Å². The van der Waals surface area contributed by atoms with E-state index in [1.54, 1.807) is 30.3 Å². The first-order valence-electron chi connectivity index (χ1n) is 11.3. The van der Waals surface area contributed by atoms with E-state index in [0.29, 0.717) is 30.5 Å². The molecule has 9 nitrogen and oxygen atoms in total. The zero-order chi connectivity index (χ0) is 24.4. The number of rotatable bonds is 4. The van der Waals surface area contributed by atoms with Crippen LogP contribution in [0.25, 0.3) is 22.0 Å². The van der Waals surface area contributed by atoms with E-state index in [2.05, 4.69) is 21.0 Å². The number of carbonyl (C=O) groups excluding carboxylic acids is 3. The Bertz CT molecular complexity index is 1420. The Morgan fingerprint density at radius 3 is 2.57 bits per heavy atom. The van der Waals surface area contributed by atoms with E-state index >= 15 is 0 Å². The van der Waals surface area contributed by atoms with Crippen molar-refractivity contribution in [1.82, 2.24) is 25.9 Å². The van der Waals surface area contributed by atoms with Crippen LogP contribution in [-0.2, 0) is 4.79 Å². The maximum absolute atomic E-state index is 13.2. The number of fused-ring (bicyclic) bond motifs is 1. The molecule has 35 heavy (non-hydrogen) atoms. The number of benzene rings is 3. The molecule has 3 aromatic carbocycles. The molecule has 4 N–H and O–H groups in total. The summed E-state index contributed by atoms with van der Waals surface area (Å²) in [6.45, 7) is 0.373. The molecule has 1 fully saturated rings. The molecule has 1 aromatic heterocycles. The van der Waals surface area contributed by atoms with Crippen LogP contribution in [0.15, 0.2) is 72.8 Å². The SMILES string of the molecule is O=C(NNC(=O)C1CCCN1C(=O)c1ccc2ccccc2c1O)c1cc(-c2ccccc2)n[nH]1. The van der Waals surface area contributed by atoms with E-state index in [9.17, 15) is 19.5 Å². The molecule has 0 radical (unpaired) electrons. The summed E-state index contributed by atoms with van der Waals surface area (Å²) in [4.78, 5) is 40.0. The number of aromatic hydroxyl groups is 1. The molecule has 1 saturated heterocycles. The molecular formula is C26H23N5O4. The smallest absolute Gasteiger partial charge is 0.287 e. The van der Waals surface area contributed by atoms with Gasteiger partial charge < -0.3 is 10.0 Å². The summed E-state index contributed by atoms with van der Waals surface area (Å²) in [5, 5.41) is 18.9. The number of hydrogen-bond donors (Lipinski definition) is 4. The number of nitrogens with zero attached hydrogens (tertiary/aromatic N) is 2. The Hall–Kier alpha value is -4.66. The highest BCUT2D eigenvalue weighted by molar-refractivity contribution is 6.05. The van der Waals surface area contributed by atoms with Crippen molar-refractivity contribution in [3.05, 3.63) is 84.1 Å². The first-order valence-corrected chi connectivity index (χ1v) is 11.3. The van der Waals surface area contributed by atoms with E-state index < -0.39 is 23.8 Å². The molecule has 176 valence electrons. The number of phenols is 1. The summed E-state index contributed by atoms with van der Waals surface area (Å²) in [6, 6.07) is 20.8. The van der Waals surface area contributed by atoms with Crippen LogP contribution in [-0.4, -0.2) is 50.5 Å². The number of amides is 3. The third-order valence-electron chi connectivity index (χ3n) is 6.14. The molecule has 4 aromatic rings. The van der Waals surface area contributed by atoms with E-state index in [1.807, 2.05) is 42.5 Å². The lowest BCUT2D eigenvalue weighted by molar-refractivity contribution is -0.125. The minimum atomic E-state index is -0.768. The van der Waals surface area contributed by atoms with E-state index in [1.165, 1.54) is 4.90 Å². The van der Waals surface area contributed by atoms with Crippen molar-refractivity contribution in [1.29, 1.82) is 0 Å². The second-order valence-electron chi connectivity index (χ2n) is 8.32. The van der Waals surface area contributed by atoms with Crippen molar-refractivity contribution >= 4 is 28.5 Å². The van der Waals surface area contributed by atoms with Gasteiger partial charge in [0.05, 0.1) is 11.3 Å². The molecule has 5 rings (SSSR count). The molecule has 1 aliphatic rings. The Morgan fingerprint density at radius 2 is 1.74 bits per heavy atom. The second kappa shape index (κ2) is 9.30. The van der Waals surface area contributed by atoms with E-state index in [4.69, 9.17) is 0 Å². The zero-order valence-corrected chi connectivity index (χ0v) is 18.7. The highest BCUT2D eigenvalue weighted by Crippen LogP contribution is 2.31. The Labute approximate surface area is 200 Å². The van der Waals surface area contributed by atoms with Crippen molar-refractivity contribution < 1.29 is 19.5 Å². The molecule has 1 unspecified atom stereocenters. The molecule has 9 heteroatoms. The van der Waals surface area contributed by atoms with Crippen LogP contribution in [0.4, 0.5) is 0 Å². The summed E-state index contributed by atoms with van der Waals surface area (Å²) < 4.78 is 0. The highest BCUT2D eigenvalue weighted by Gasteiger charge is 2.36. The predicted molar refractivity (Wildman–Crippen MR) is 129 cm³/mol. The van der Waals surface area contributed by atoms with Crippen LogP contribution in [0, 0.1) is 0 Å². The van der Waals surface area contributed by atoms with Gasteiger partial charge in [-0.3, -0.25) is 30.3 Å². The summed E-state index contributed by atoms with van der Waals surface area (Å²) in [5.74, 6) is -1.61. The third kappa shape index (κ3) is 4.31. The molecule has 2 heterocycles. The lowest BCUT2D eigenvalue weighted by atomic mass is 10.0. The Balaban J connectivity index is 1.25. The monoisotopic (exact) mass is 469 g/mol. The van der Waals surface area contributed by atoms with Gasteiger partial charge in [0.2, 0.25) is 0 Å². The lowest BCUT2D eigenvalue weighted by Gasteiger charge is -2.24. The predicted octanol–water partition coefficient (Wildman–Crippen LogP) is 3.00. The van der Waals surface area contributed by atoms with Crippen LogP contribution in [0.5, 0.6) is 5.75 Å². The summed E-state index contributed by atoms with van der Waals surface area (Å²) in [7, 11) is 0. The van der Waals surface area contributed by atoms with Gasteiger partial charge in [0, 0.05) is 17.5 Å². The first-order chi connectivity index (χ1) is 17.0. The van der Waals surface area contributed by atoms with Crippen LogP contribution in [0.2, 0.25) is 0 Å². The van der Waals surface area contributed by atoms with Gasteiger partial charge in [0.1, 0.15) is 17.5 Å². The third-order valence-corrected chi connectivity index (χ3v) is 6.14. The number of phenolic OH excluding ortho intramolecular Hbond substituents is 1. The first kappa shape index (κ1) is 22.1. The minimum absolute atomic E-state index is 0.110. The van der Waals surface area contributed by atoms with Gasteiger partial charge in [-0.1, -0.05) is 60.7 Å². The topological polar surface area (TPSA) is 127 Å². The number of hydrogen-bond acceptors (Lipinski definition) is 5. The maximum Gasteiger partial charge on any atom is 0.287 e. The minimum Gasteiger partial charge on any atom is -0.506 e. The number of H-pyrrole nitrogens is 1. The van der Waals surface area contributed by atoms with E-state index in [-0.39, 0.29) is 17.0 Å². The second-order valence-corrected chi connectivity index (χ2v) is 8.32. The maximum atomic E-state index is 13.2. The fourth-order valence-electron chi connectivity index (χ4n) is 4.33. The molecular weight excluding hydrogens is 446 g/mol. The molecule has 0 spiro atoms. The van der Waals surface area contributed by atoms with Crippen molar-refractivity contribution in [2.45, 2.75) is 18.9 Å². The molecule has 3 amide bonds. The van der Waals surface area contributed by atoms with Gasteiger partial charge in [-0.15, -0.1) is 0 Å². The van der Waals surface area contributed by atoms with Gasteiger partial charge >= 0.3 is 0 Å². The van der Waals surface area contributed by atoms with Crippen molar-refractivity contribution in [2.24, 2.45) is 0 Å². The van der Waals surface area contributed by atoms with Crippen molar-refractivity contribution in [3.63, 3.8) is 0 Å². The Morgan fingerprint density at radius 1 is 0.971 bits per heavy atom. The zero-order valence-electron chi connectivity index (χ0n) is 18.7. The normalized spacial score (nSPS) is 15.2. The molecule has 1 atom stereocenters. The average molecular weight is 470 g/mol. The van der Waals surface area contributed by atoms with Crippen molar-refractivity contribution in [3.8, 4) is 17.0 Å². The molecule has 0 bridgehead atoms. The number of nitrogens with one attached hydrogen (secondary N) is 3. The van der Waals surface area contributed by atoms with E-state index in [0.717, 1.165) is 10.9 Å². The lowest BCUT2D eigenvalue weighted by Crippen LogP contribution is -2.51. The average Bonchev–Trinajstić information content (AvgIpc) is 3.58. The fourth-order valence-corrected chi connectivity index (χ4v) is 4.33. The largest absolute Gasteiger partial charge is 0.506 e. The number of aromatic amines is 1. The summed E-state index contributed by atoms with van der Waals surface area (Å²) in [5.41, 5.74) is 6.56. The molecule has 1 aliphatic heterocycles. The van der Waals surface area contributed by atoms with Gasteiger partial charge in [-0.05, 0) is 30.4 Å². The molecule has 0 aliphatic carbocycles. The van der Waals surface area contributed by atoms with Crippen LogP contribution < -0.4 is 10.9 Å².